The largest absolute Gasteiger partial charge is 0.278 e. The molecule has 3 rings (SSSR count). The highest BCUT2D eigenvalue weighted by Crippen LogP contribution is 2.24. The van der Waals surface area contributed by atoms with Gasteiger partial charge in [-0.25, -0.2) is 13.8 Å². The topological polar surface area (TPSA) is 122 Å². The van der Waals surface area contributed by atoms with Gasteiger partial charge in [-0.15, -0.1) is 0 Å². The van der Waals surface area contributed by atoms with E-state index >= 15 is 0 Å². The summed E-state index contributed by atoms with van der Waals surface area (Å²) in [6.07, 6.45) is 1.93. The number of anilines is 1. The molecule has 0 aromatic heterocycles. The van der Waals surface area contributed by atoms with Gasteiger partial charge in [0, 0.05) is 6.07 Å². The van der Waals surface area contributed by atoms with Crippen molar-refractivity contribution in [2.45, 2.75) is 18.2 Å². The lowest BCUT2D eigenvalue weighted by atomic mass is 10.1. The van der Waals surface area contributed by atoms with Crippen LogP contribution in [0.25, 0.3) is 0 Å². The number of hydrogen-bond donors (Lipinski definition) is 1. The zero-order valence-corrected chi connectivity index (χ0v) is 18.6. The minimum atomic E-state index is -4.03. The van der Waals surface area contributed by atoms with Crippen molar-refractivity contribution in [3.05, 3.63) is 100 Å². The second-order valence-electron chi connectivity index (χ2n) is 6.95. The van der Waals surface area contributed by atoms with E-state index in [4.69, 9.17) is 0 Å². The molecular weight excluding hydrogens is 444 g/mol. The van der Waals surface area contributed by atoms with Crippen molar-refractivity contribution in [3.8, 4) is 0 Å². The summed E-state index contributed by atoms with van der Waals surface area (Å²) in [7, 11) is -4.03. The van der Waals surface area contributed by atoms with Crippen LogP contribution in [0.3, 0.4) is 0 Å². The highest BCUT2D eigenvalue weighted by atomic mass is 32.2. The number of rotatable bonds is 9. The van der Waals surface area contributed by atoms with Crippen LogP contribution in [-0.4, -0.2) is 32.0 Å². The van der Waals surface area contributed by atoms with E-state index in [-0.39, 0.29) is 16.1 Å². The van der Waals surface area contributed by atoms with E-state index in [9.17, 15) is 23.3 Å². The SMILES string of the molecule is CCc1ccc(N(CC(=O)N/N=C\c2ccccc2[N+](=O)[O-])S(=O)(=O)c2ccccc2)cc1. The summed E-state index contributed by atoms with van der Waals surface area (Å²) in [5.41, 5.74) is 3.63. The van der Waals surface area contributed by atoms with E-state index < -0.39 is 27.4 Å². The number of carbonyl (C=O) groups excluding carboxylic acids is 1. The molecule has 10 heteroatoms. The fourth-order valence-electron chi connectivity index (χ4n) is 3.04. The molecule has 0 bridgehead atoms. The fraction of sp³-hybridized carbons (Fsp3) is 0.130. The van der Waals surface area contributed by atoms with Crippen LogP contribution in [0, 0.1) is 10.1 Å². The third-order valence-electron chi connectivity index (χ3n) is 4.78. The lowest BCUT2D eigenvalue weighted by Gasteiger charge is -2.24. The number of benzene rings is 3. The third-order valence-corrected chi connectivity index (χ3v) is 6.57. The molecule has 0 saturated carbocycles. The number of hydrazone groups is 1. The molecule has 33 heavy (non-hydrogen) atoms. The van der Waals surface area contributed by atoms with Crippen LogP contribution in [-0.2, 0) is 21.2 Å². The van der Waals surface area contributed by atoms with E-state index in [1.165, 1.54) is 30.3 Å². The van der Waals surface area contributed by atoms with Crippen molar-refractivity contribution in [1.29, 1.82) is 0 Å². The number of hydrogen-bond acceptors (Lipinski definition) is 6. The van der Waals surface area contributed by atoms with Crippen molar-refractivity contribution in [2.75, 3.05) is 10.8 Å². The first-order valence-electron chi connectivity index (χ1n) is 10.0. The van der Waals surface area contributed by atoms with Crippen molar-refractivity contribution in [3.63, 3.8) is 0 Å². The van der Waals surface area contributed by atoms with Crippen LogP contribution < -0.4 is 9.73 Å². The van der Waals surface area contributed by atoms with Crippen LogP contribution in [0.15, 0.2) is 88.9 Å². The Morgan fingerprint density at radius 3 is 2.30 bits per heavy atom. The minimum absolute atomic E-state index is 0.0424. The molecular formula is C23H22N4O5S. The smallest absolute Gasteiger partial charge is 0.271 e. The fourth-order valence-corrected chi connectivity index (χ4v) is 4.48. The number of nitro benzene ring substituents is 1. The van der Waals surface area contributed by atoms with Crippen LogP contribution in [0.5, 0.6) is 0 Å². The van der Waals surface area contributed by atoms with Crippen molar-refractivity contribution in [2.24, 2.45) is 5.10 Å². The van der Waals surface area contributed by atoms with Crippen molar-refractivity contribution in [1.82, 2.24) is 5.43 Å². The molecule has 0 spiro atoms. The summed E-state index contributed by atoms with van der Waals surface area (Å²) in [4.78, 5) is 23.2. The average Bonchev–Trinajstić information content (AvgIpc) is 2.83. The van der Waals surface area contributed by atoms with Gasteiger partial charge in [0.1, 0.15) is 6.54 Å². The van der Waals surface area contributed by atoms with E-state index in [0.717, 1.165) is 22.5 Å². The zero-order chi connectivity index (χ0) is 23.8. The Labute approximate surface area is 191 Å². The van der Waals surface area contributed by atoms with Crippen LogP contribution >= 0.6 is 0 Å². The quantitative estimate of drug-likeness (QED) is 0.294. The first-order valence-corrected chi connectivity index (χ1v) is 11.5. The van der Waals surface area contributed by atoms with Crippen molar-refractivity contribution >= 4 is 33.5 Å². The maximum Gasteiger partial charge on any atom is 0.278 e. The van der Waals surface area contributed by atoms with Gasteiger partial charge in [0.15, 0.2) is 0 Å². The van der Waals surface area contributed by atoms with E-state index in [2.05, 4.69) is 10.5 Å². The first kappa shape index (κ1) is 23.6. The maximum atomic E-state index is 13.3. The van der Waals surface area contributed by atoms with E-state index in [1.807, 2.05) is 6.92 Å². The lowest BCUT2D eigenvalue weighted by molar-refractivity contribution is -0.385. The summed E-state index contributed by atoms with van der Waals surface area (Å²) in [6, 6.07) is 20.6. The molecule has 3 aromatic rings. The van der Waals surface area contributed by atoms with Crippen molar-refractivity contribution < 1.29 is 18.1 Å². The highest BCUT2D eigenvalue weighted by molar-refractivity contribution is 7.92. The Morgan fingerprint density at radius 1 is 1.03 bits per heavy atom. The van der Waals surface area contributed by atoms with E-state index in [1.54, 1.807) is 48.5 Å². The average molecular weight is 467 g/mol. The van der Waals surface area contributed by atoms with Crippen LogP contribution in [0.1, 0.15) is 18.1 Å². The summed E-state index contributed by atoms with van der Waals surface area (Å²) < 4.78 is 27.5. The molecule has 1 N–H and O–H groups in total. The molecule has 0 unspecified atom stereocenters. The monoisotopic (exact) mass is 466 g/mol. The summed E-state index contributed by atoms with van der Waals surface area (Å²) in [6.45, 7) is 1.45. The lowest BCUT2D eigenvalue weighted by Crippen LogP contribution is -2.39. The third kappa shape index (κ3) is 5.80. The summed E-state index contributed by atoms with van der Waals surface area (Å²) >= 11 is 0. The number of nitro groups is 1. The van der Waals surface area contributed by atoms with E-state index in [0.29, 0.717) is 5.69 Å². The number of para-hydroxylation sites is 1. The van der Waals surface area contributed by atoms with Gasteiger partial charge in [-0.2, -0.15) is 5.10 Å². The molecule has 0 saturated heterocycles. The normalized spacial score (nSPS) is 11.3. The number of sulfonamides is 1. The van der Waals surface area contributed by atoms with Gasteiger partial charge in [-0.05, 0) is 42.3 Å². The summed E-state index contributed by atoms with van der Waals surface area (Å²) in [5, 5.41) is 14.9. The Bertz CT molecular complexity index is 1260. The molecule has 1 amide bonds. The van der Waals surface area contributed by atoms with Gasteiger partial charge in [-0.3, -0.25) is 19.2 Å². The van der Waals surface area contributed by atoms with Crippen LogP contribution in [0.4, 0.5) is 11.4 Å². The van der Waals surface area contributed by atoms with Gasteiger partial charge in [0.05, 0.1) is 27.3 Å². The summed E-state index contributed by atoms with van der Waals surface area (Å²) in [5.74, 6) is -0.705. The Kier molecular flexibility index (Phi) is 7.52. The highest BCUT2D eigenvalue weighted by Gasteiger charge is 2.27. The van der Waals surface area contributed by atoms with Gasteiger partial charge in [0.2, 0.25) is 0 Å². The Hall–Kier alpha value is -4.05. The Morgan fingerprint density at radius 2 is 1.67 bits per heavy atom. The van der Waals surface area contributed by atoms with Gasteiger partial charge in [0.25, 0.3) is 21.6 Å². The predicted molar refractivity (Wildman–Crippen MR) is 126 cm³/mol. The maximum absolute atomic E-state index is 13.3. The van der Waals surface area contributed by atoms with Crippen LogP contribution in [0.2, 0.25) is 0 Å². The second kappa shape index (κ2) is 10.5. The number of amides is 1. The Balaban J connectivity index is 1.84. The van der Waals surface area contributed by atoms with Gasteiger partial charge in [-0.1, -0.05) is 49.4 Å². The first-order chi connectivity index (χ1) is 15.8. The molecule has 0 atom stereocenters. The molecule has 170 valence electrons. The molecule has 0 aliphatic carbocycles. The number of nitrogens with one attached hydrogen (secondary N) is 1. The number of aryl methyl sites for hydroxylation is 1. The minimum Gasteiger partial charge on any atom is -0.271 e. The zero-order valence-electron chi connectivity index (χ0n) is 17.8. The molecule has 0 radical (unpaired) electrons. The molecule has 0 aliphatic rings. The molecule has 3 aromatic carbocycles. The standard InChI is InChI=1S/C23H22N4O5S/c1-2-18-12-14-20(15-13-18)26(33(31,32)21-9-4-3-5-10-21)17-23(28)25-24-16-19-8-6-7-11-22(19)27(29)30/h3-16H,2,17H2,1H3,(H,25,28)/b24-16-. The number of nitrogens with zero attached hydrogens (tertiary/aromatic N) is 3. The molecule has 0 fully saturated rings. The second-order valence-corrected chi connectivity index (χ2v) is 8.82. The molecule has 0 aliphatic heterocycles. The molecule has 9 nitrogen and oxygen atoms in total. The van der Waals surface area contributed by atoms with Gasteiger partial charge >= 0.3 is 0 Å². The molecule has 0 heterocycles. The number of carbonyl (C=O) groups is 1. The van der Waals surface area contributed by atoms with Gasteiger partial charge < -0.3 is 0 Å². The predicted octanol–water partition coefficient (Wildman–Crippen LogP) is 3.50.